The van der Waals surface area contributed by atoms with Gasteiger partial charge >= 0.3 is 5.97 Å². The quantitative estimate of drug-likeness (QED) is 0.308. The van der Waals surface area contributed by atoms with E-state index in [2.05, 4.69) is 0 Å². The predicted octanol–water partition coefficient (Wildman–Crippen LogP) is 7.05. The summed E-state index contributed by atoms with van der Waals surface area (Å²) < 4.78 is 60.1. The standard InChI is InChI=1S/C28H33F3O4/c1-3-34-21-12-13-22(24(29)16-21)17-4-6-19(7-5-17)28(32)35-25-15-14-23(26(30)27(25)31)18-8-10-20(33-2)11-9-18/h12-20H,3-11H2,1-2H3. The van der Waals surface area contributed by atoms with Crippen molar-refractivity contribution < 1.29 is 32.2 Å². The average Bonchev–Trinajstić information content (AvgIpc) is 2.87. The molecular formula is C28H33F3O4. The first-order valence-corrected chi connectivity index (χ1v) is 12.6. The highest BCUT2D eigenvalue weighted by Crippen LogP contribution is 2.40. The van der Waals surface area contributed by atoms with Crippen LogP contribution in [0.2, 0.25) is 0 Å². The Morgan fingerprint density at radius 3 is 2.11 bits per heavy atom. The van der Waals surface area contributed by atoms with Crippen molar-refractivity contribution in [3.05, 3.63) is 58.9 Å². The van der Waals surface area contributed by atoms with Gasteiger partial charge in [-0.15, -0.1) is 0 Å². The van der Waals surface area contributed by atoms with Crippen LogP contribution in [0.5, 0.6) is 11.5 Å². The number of ether oxygens (including phenoxy) is 3. The van der Waals surface area contributed by atoms with E-state index in [-0.39, 0.29) is 29.5 Å². The van der Waals surface area contributed by atoms with Gasteiger partial charge in [0.15, 0.2) is 11.6 Å². The molecule has 2 aromatic carbocycles. The minimum atomic E-state index is -1.12. The molecule has 0 bridgehead atoms. The van der Waals surface area contributed by atoms with Gasteiger partial charge in [0.2, 0.25) is 5.82 Å². The molecule has 4 rings (SSSR count). The molecule has 35 heavy (non-hydrogen) atoms. The summed E-state index contributed by atoms with van der Waals surface area (Å²) in [6, 6.07) is 7.78. The molecule has 0 aliphatic heterocycles. The van der Waals surface area contributed by atoms with Crippen LogP contribution in [0.4, 0.5) is 13.2 Å². The summed E-state index contributed by atoms with van der Waals surface area (Å²) in [6.45, 7) is 2.31. The number of hydrogen-bond acceptors (Lipinski definition) is 4. The third-order valence-electron chi connectivity index (χ3n) is 7.52. The Hall–Kier alpha value is -2.54. The summed E-state index contributed by atoms with van der Waals surface area (Å²) in [4.78, 5) is 12.7. The normalized spacial score (nSPS) is 24.7. The Labute approximate surface area is 204 Å². The lowest BCUT2D eigenvalue weighted by atomic mass is 9.78. The van der Waals surface area contributed by atoms with Gasteiger partial charge in [-0.05, 0) is 93.4 Å². The number of halogens is 3. The lowest BCUT2D eigenvalue weighted by Gasteiger charge is -2.29. The van der Waals surface area contributed by atoms with Crippen LogP contribution < -0.4 is 9.47 Å². The van der Waals surface area contributed by atoms with Crippen molar-refractivity contribution in [3.63, 3.8) is 0 Å². The molecule has 7 heteroatoms. The molecule has 0 spiro atoms. The van der Waals surface area contributed by atoms with E-state index in [1.54, 1.807) is 19.2 Å². The molecule has 0 amide bonds. The van der Waals surface area contributed by atoms with Crippen molar-refractivity contribution in [2.45, 2.75) is 76.2 Å². The molecule has 190 valence electrons. The lowest BCUT2D eigenvalue weighted by molar-refractivity contribution is -0.140. The third kappa shape index (κ3) is 5.83. The summed E-state index contributed by atoms with van der Waals surface area (Å²) in [5.41, 5.74) is 0.943. The maximum atomic E-state index is 14.8. The maximum Gasteiger partial charge on any atom is 0.314 e. The summed E-state index contributed by atoms with van der Waals surface area (Å²) in [5.74, 6) is -3.31. The highest BCUT2D eigenvalue weighted by atomic mass is 19.2. The second kappa shape index (κ2) is 11.5. The van der Waals surface area contributed by atoms with Gasteiger partial charge in [0.25, 0.3) is 0 Å². The zero-order chi connectivity index (χ0) is 24.9. The molecular weight excluding hydrogens is 457 g/mol. The van der Waals surface area contributed by atoms with Crippen LogP contribution in [0.1, 0.15) is 81.3 Å². The van der Waals surface area contributed by atoms with Gasteiger partial charge in [-0.25, -0.2) is 8.78 Å². The van der Waals surface area contributed by atoms with E-state index in [1.807, 2.05) is 6.92 Å². The van der Waals surface area contributed by atoms with Gasteiger partial charge in [-0.1, -0.05) is 12.1 Å². The minimum Gasteiger partial charge on any atom is -0.494 e. The van der Waals surface area contributed by atoms with Crippen LogP contribution in [-0.2, 0) is 9.53 Å². The molecule has 0 saturated heterocycles. The zero-order valence-corrected chi connectivity index (χ0v) is 20.3. The van der Waals surface area contributed by atoms with Gasteiger partial charge in [0, 0.05) is 13.2 Å². The molecule has 0 unspecified atom stereocenters. The Bertz CT molecular complexity index is 1030. The van der Waals surface area contributed by atoms with Gasteiger partial charge in [-0.3, -0.25) is 4.79 Å². The first kappa shape index (κ1) is 25.5. The third-order valence-corrected chi connectivity index (χ3v) is 7.52. The molecule has 2 aliphatic carbocycles. The molecule has 0 aromatic heterocycles. The molecule has 2 aliphatic rings. The molecule has 4 nitrogen and oxygen atoms in total. The van der Waals surface area contributed by atoms with Crippen LogP contribution in [0.3, 0.4) is 0 Å². The molecule has 2 aromatic rings. The monoisotopic (exact) mass is 490 g/mol. The topological polar surface area (TPSA) is 44.8 Å². The Balaban J connectivity index is 1.34. The van der Waals surface area contributed by atoms with E-state index in [1.165, 1.54) is 18.2 Å². The van der Waals surface area contributed by atoms with Gasteiger partial charge in [0.1, 0.15) is 11.6 Å². The van der Waals surface area contributed by atoms with Crippen LogP contribution in [0.25, 0.3) is 0 Å². The molecule has 0 radical (unpaired) electrons. The predicted molar refractivity (Wildman–Crippen MR) is 126 cm³/mol. The number of esters is 1. The first-order chi connectivity index (χ1) is 16.9. The van der Waals surface area contributed by atoms with Crippen molar-refractivity contribution in [2.24, 2.45) is 5.92 Å². The Morgan fingerprint density at radius 1 is 0.857 bits per heavy atom. The second-order valence-electron chi connectivity index (χ2n) is 9.58. The van der Waals surface area contributed by atoms with Gasteiger partial charge < -0.3 is 14.2 Å². The number of methoxy groups -OCH3 is 1. The van der Waals surface area contributed by atoms with E-state index in [0.717, 1.165) is 25.7 Å². The van der Waals surface area contributed by atoms with Crippen LogP contribution in [0, 0.1) is 23.4 Å². The van der Waals surface area contributed by atoms with Gasteiger partial charge in [-0.2, -0.15) is 4.39 Å². The van der Waals surface area contributed by atoms with Crippen molar-refractivity contribution in [2.75, 3.05) is 13.7 Å². The van der Waals surface area contributed by atoms with E-state index in [0.29, 0.717) is 49.2 Å². The number of carbonyl (C=O) groups is 1. The fraction of sp³-hybridized carbons (Fsp3) is 0.536. The summed E-state index contributed by atoms with van der Waals surface area (Å²) in [6.07, 6.45) is 5.47. The number of benzene rings is 2. The van der Waals surface area contributed by atoms with Crippen molar-refractivity contribution >= 4 is 5.97 Å². The van der Waals surface area contributed by atoms with E-state index >= 15 is 0 Å². The summed E-state index contributed by atoms with van der Waals surface area (Å²) >= 11 is 0. The van der Waals surface area contributed by atoms with E-state index in [4.69, 9.17) is 14.2 Å². The van der Waals surface area contributed by atoms with Crippen LogP contribution >= 0.6 is 0 Å². The molecule has 2 fully saturated rings. The van der Waals surface area contributed by atoms with Crippen molar-refractivity contribution in [1.29, 1.82) is 0 Å². The average molecular weight is 491 g/mol. The van der Waals surface area contributed by atoms with Crippen molar-refractivity contribution in [1.82, 2.24) is 0 Å². The van der Waals surface area contributed by atoms with Crippen LogP contribution in [-0.4, -0.2) is 25.8 Å². The number of rotatable bonds is 7. The second-order valence-corrected chi connectivity index (χ2v) is 9.58. The summed E-state index contributed by atoms with van der Waals surface area (Å²) in [7, 11) is 1.67. The first-order valence-electron chi connectivity index (χ1n) is 12.6. The lowest BCUT2D eigenvalue weighted by Crippen LogP contribution is -2.26. The number of carbonyl (C=O) groups excluding carboxylic acids is 1. The highest BCUT2D eigenvalue weighted by molar-refractivity contribution is 5.75. The fourth-order valence-corrected chi connectivity index (χ4v) is 5.48. The van der Waals surface area contributed by atoms with E-state index < -0.39 is 23.5 Å². The largest absolute Gasteiger partial charge is 0.494 e. The molecule has 0 atom stereocenters. The molecule has 0 N–H and O–H groups in total. The Kier molecular flexibility index (Phi) is 8.37. The maximum absolute atomic E-state index is 14.8. The smallest absolute Gasteiger partial charge is 0.314 e. The highest BCUT2D eigenvalue weighted by Gasteiger charge is 2.31. The minimum absolute atomic E-state index is 0.00334. The molecule has 0 heterocycles. The molecule has 2 saturated carbocycles. The van der Waals surface area contributed by atoms with E-state index in [9.17, 15) is 18.0 Å². The van der Waals surface area contributed by atoms with Crippen LogP contribution in [0.15, 0.2) is 30.3 Å². The Morgan fingerprint density at radius 2 is 1.49 bits per heavy atom. The SMILES string of the molecule is CCOc1ccc(C2CCC(C(=O)Oc3ccc(C4CCC(OC)CC4)c(F)c3F)CC2)c(F)c1. The summed E-state index contributed by atoms with van der Waals surface area (Å²) in [5, 5.41) is 0. The van der Waals surface area contributed by atoms with Crippen molar-refractivity contribution in [3.8, 4) is 11.5 Å². The number of hydrogen-bond donors (Lipinski definition) is 0. The zero-order valence-electron chi connectivity index (χ0n) is 20.3. The fourth-order valence-electron chi connectivity index (χ4n) is 5.48. The van der Waals surface area contributed by atoms with Gasteiger partial charge in [0.05, 0.1) is 18.6 Å².